The van der Waals surface area contributed by atoms with Crippen molar-refractivity contribution in [1.82, 2.24) is 15.2 Å². The number of nitrogens with zero attached hydrogens (tertiary/aromatic N) is 1. The van der Waals surface area contributed by atoms with Crippen molar-refractivity contribution in [2.24, 2.45) is 5.92 Å². The summed E-state index contributed by atoms with van der Waals surface area (Å²) in [7, 11) is 0. The number of para-hydroxylation sites is 1. The van der Waals surface area contributed by atoms with Crippen LogP contribution in [0.2, 0.25) is 0 Å². The van der Waals surface area contributed by atoms with E-state index in [0.717, 1.165) is 49.4 Å². The Hall–Kier alpha value is -3.52. The Bertz CT molecular complexity index is 1300. The molecule has 0 radical (unpaired) electrons. The van der Waals surface area contributed by atoms with E-state index >= 15 is 0 Å². The van der Waals surface area contributed by atoms with E-state index in [9.17, 15) is 23.5 Å². The van der Waals surface area contributed by atoms with Crippen molar-refractivity contribution in [3.05, 3.63) is 77.5 Å². The second-order valence-electron chi connectivity index (χ2n) is 10.5. The number of carboxylic acids is 1. The van der Waals surface area contributed by atoms with Crippen molar-refractivity contribution in [3.63, 3.8) is 0 Å². The van der Waals surface area contributed by atoms with Gasteiger partial charge in [0.25, 0.3) is 0 Å². The van der Waals surface area contributed by atoms with Crippen LogP contribution in [-0.2, 0) is 9.59 Å². The fraction of sp³-hybridized carbons (Fsp3) is 0.400. The zero-order valence-corrected chi connectivity index (χ0v) is 21.2. The summed E-state index contributed by atoms with van der Waals surface area (Å²) in [5, 5.41) is 14.7. The summed E-state index contributed by atoms with van der Waals surface area (Å²) in [4.78, 5) is 29.8. The Labute approximate surface area is 220 Å². The van der Waals surface area contributed by atoms with Crippen LogP contribution in [-0.4, -0.2) is 52.0 Å². The number of benzene rings is 2. The van der Waals surface area contributed by atoms with Crippen LogP contribution >= 0.6 is 0 Å². The molecule has 38 heavy (non-hydrogen) atoms. The molecule has 2 heterocycles. The molecule has 1 aliphatic carbocycles. The van der Waals surface area contributed by atoms with Crippen LogP contribution in [0.1, 0.15) is 55.6 Å². The molecule has 1 aliphatic heterocycles. The predicted molar refractivity (Wildman–Crippen MR) is 143 cm³/mol. The highest BCUT2D eigenvalue weighted by Gasteiger charge is 2.35. The molecule has 2 aromatic carbocycles. The number of likely N-dealkylation sites (tertiary alicyclic amines) is 1. The van der Waals surface area contributed by atoms with Gasteiger partial charge in [-0.25, -0.2) is 8.78 Å². The SMILES string of the molecule is O=C(O)C(NC1CCC(c2c[nH]c3ccccc23)CC1)C1CCN(C(=O)/C=C/c2cc(F)cc(F)c2)CC1. The van der Waals surface area contributed by atoms with Gasteiger partial charge < -0.3 is 20.3 Å². The first-order chi connectivity index (χ1) is 18.4. The minimum absolute atomic E-state index is 0.0656. The highest BCUT2D eigenvalue weighted by Crippen LogP contribution is 2.37. The Kier molecular flexibility index (Phi) is 7.88. The molecule has 3 N–H and O–H groups in total. The van der Waals surface area contributed by atoms with Crippen molar-refractivity contribution in [2.75, 3.05) is 13.1 Å². The number of aromatic nitrogens is 1. The lowest BCUT2D eigenvalue weighted by Gasteiger charge is -2.37. The van der Waals surface area contributed by atoms with Crippen LogP contribution in [0.15, 0.2) is 54.7 Å². The Morgan fingerprint density at radius 2 is 1.68 bits per heavy atom. The number of amides is 1. The second-order valence-corrected chi connectivity index (χ2v) is 10.5. The zero-order chi connectivity index (χ0) is 26.6. The minimum atomic E-state index is -0.846. The highest BCUT2D eigenvalue weighted by atomic mass is 19.1. The molecule has 0 bridgehead atoms. The van der Waals surface area contributed by atoms with Crippen molar-refractivity contribution in [3.8, 4) is 0 Å². The maximum Gasteiger partial charge on any atom is 0.320 e. The van der Waals surface area contributed by atoms with Crippen molar-refractivity contribution >= 4 is 28.9 Å². The molecule has 2 fully saturated rings. The normalized spacial score (nSPS) is 21.7. The summed E-state index contributed by atoms with van der Waals surface area (Å²) in [6.45, 7) is 0.897. The lowest BCUT2D eigenvalue weighted by Crippen LogP contribution is -2.52. The van der Waals surface area contributed by atoms with Gasteiger partial charge in [-0.2, -0.15) is 0 Å². The summed E-state index contributed by atoms with van der Waals surface area (Å²) in [6.07, 6.45) is 9.88. The largest absolute Gasteiger partial charge is 0.480 e. The average molecular weight is 522 g/mol. The van der Waals surface area contributed by atoms with Gasteiger partial charge in [-0.05, 0) is 85.8 Å². The Morgan fingerprint density at radius 1 is 1.00 bits per heavy atom. The Morgan fingerprint density at radius 3 is 2.37 bits per heavy atom. The smallest absolute Gasteiger partial charge is 0.320 e. The van der Waals surface area contributed by atoms with Crippen LogP contribution < -0.4 is 5.32 Å². The molecule has 1 amide bonds. The molecule has 0 spiro atoms. The summed E-state index contributed by atoms with van der Waals surface area (Å²) in [5.74, 6) is -2.08. The molecule has 2 aliphatic rings. The lowest BCUT2D eigenvalue weighted by atomic mass is 9.80. The number of fused-ring (bicyclic) bond motifs is 1. The number of carboxylic acid groups (broad SMARTS) is 1. The monoisotopic (exact) mass is 521 g/mol. The van der Waals surface area contributed by atoms with Crippen LogP contribution in [0, 0.1) is 17.6 Å². The molecule has 6 nitrogen and oxygen atoms in total. The molecule has 1 saturated heterocycles. The van der Waals surface area contributed by atoms with Gasteiger partial charge in [-0.15, -0.1) is 0 Å². The van der Waals surface area contributed by atoms with Crippen molar-refractivity contribution in [2.45, 2.75) is 56.5 Å². The average Bonchev–Trinajstić information content (AvgIpc) is 3.34. The van der Waals surface area contributed by atoms with Gasteiger partial charge in [0.1, 0.15) is 17.7 Å². The van der Waals surface area contributed by atoms with Crippen LogP contribution in [0.5, 0.6) is 0 Å². The summed E-state index contributed by atoms with van der Waals surface area (Å²) in [6, 6.07) is 11.0. The van der Waals surface area contributed by atoms with Gasteiger partial charge in [-0.1, -0.05) is 18.2 Å². The number of hydrogen-bond acceptors (Lipinski definition) is 3. The molecule has 1 atom stereocenters. The van der Waals surface area contributed by atoms with E-state index < -0.39 is 23.6 Å². The van der Waals surface area contributed by atoms with Crippen molar-refractivity contribution < 1.29 is 23.5 Å². The van der Waals surface area contributed by atoms with Gasteiger partial charge in [0.15, 0.2) is 0 Å². The number of aliphatic carboxylic acids is 1. The predicted octanol–water partition coefficient (Wildman–Crippen LogP) is 5.47. The second kappa shape index (κ2) is 11.5. The van der Waals surface area contributed by atoms with E-state index in [1.165, 1.54) is 23.1 Å². The third kappa shape index (κ3) is 5.96. The summed E-state index contributed by atoms with van der Waals surface area (Å²) in [5.41, 5.74) is 2.78. The highest BCUT2D eigenvalue weighted by molar-refractivity contribution is 5.91. The lowest BCUT2D eigenvalue weighted by molar-refractivity contribution is -0.142. The molecule has 5 rings (SSSR count). The third-order valence-corrected chi connectivity index (χ3v) is 8.10. The quantitative estimate of drug-likeness (QED) is 0.360. The topological polar surface area (TPSA) is 85.4 Å². The van der Waals surface area contributed by atoms with E-state index in [1.54, 1.807) is 4.90 Å². The number of H-pyrrole nitrogens is 1. The minimum Gasteiger partial charge on any atom is -0.480 e. The Balaban J connectivity index is 1.12. The van der Waals surface area contributed by atoms with Crippen LogP contribution in [0.25, 0.3) is 17.0 Å². The summed E-state index contributed by atoms with van der Waals surface area (Å²) >= 11 is 0. The maximum absolute atomic E-state index is 13.4. The van der Waals surface area contributed by atoms with E-state index in [2.05, 4.69) is 34.7 Å². The third-order valence-electron chi connectivity index (χ3n) is 8.10. The standard InChI is InChI=1S/C30H33F2N3O3/c31-22-15-19(16-23(32)17-22)5-10-28(36)35-13-11-21(12-14-35)29(30(37)38)34-24-8-6-20(7-9-24)26-18-33-27-4-2-1-3-25(26)27/h1-5,10,15-18,20-21,24,29,33-34H,6-9,11-14H2,(H,37,38)/b10-5+. The number of carbonyl (C=O) groups excluding carboxylic acids is 1. The number of piperidine rings is 1. The molecule has 3 aromatic rings. The first kappa shape index (κ1) is 26.1. The molecular formula is C30H33F2N3O3. The van der Waals surface area contributed by atoms with Gasteiger partial charge in [-0.3, -0.25) is 9.59 Å². The molecule has 1 unspecified atom stereocenters. The van der Waals surface area contributed by atoms with Gasteiger partial charge in [0.05, 0.1) is 0 Å². The number of aromatic amines is 1. The fourth-order valence-electron chi connectivity index (χ4n) is 6.06. The zero-order valence-electron chi connectivity index (χ0n) is 21.2. The first-order valence-corrected chi connectivity index (χ1v) is 13.4. The van der Waals surface area contributed by atoms with Crippen LogP contribution in [0.3, 0.4) is 0 Å². The molecule has 8 heteroatoms. The molecule has 200 valence electrons. The molecular weight excluding hydrogens is 488 g/mol. The van der Waals surface area contributed by atoms with Gasteiger partial charge >= 0.3 is 5.97 Å². The van der Waals surface area contributed by atoms with E-state index in [0.29, 0.717) is 31.8 Å². The number of carbonyl (C=O) groups is 2. The van der Waals surface area contributed by atoms with E-state index in [1.807, 2.05) is 6.07 Å². The maximum atomic E-state index is 13.4. The number of halogens is 2. The van der Waals surface area contributed by atoms with E-state index in [-0.39, 0.29) is 23.4 Å². The van der Waals surface area contributed by atoms with Gasteiger partial charge in [0.2, 0.25) is 5.91 Å². The van der Waals surface area contributed by atoms with Crippen molar-refractivity contribution in [1.29, 1.82) is 0 Å². The number of rotatable bonds is 7. The fourth-order valence-corrected chi connectivity index (χ4v) is 6.06. The van der Waals surface area contributed by atoms with Crippen LogP contribution in [0.4, 0.5) is 8.78 Å². The number of hydrogen-bond donors (Lipinski definition) is 3. The van der Waals surface area contributed by atoms with E-state index in [4.69, 9.17) is 0 Å². The number of nitrogens with one attached hydrogen (secondary N) is 2. The first-order valence-electron chi connectivity index (χ1n) is 13.4. The molecule has 1 aromatic heterocycles. The molecule has 1 saturated carbocycles. The summed E-state index contributed by atoms with van der Waals surface area (Å²) < 4.78 is 26.7. The van der Waals surface area contributed by atoms with Gasteiger partial charge in [0, 0.05) is 48.4 Å².